The van der Waals surface area contributed by atoms with Crippen LogP contribution >= 0.6 is 11.6 Å². The lowest BCUT2D eigenvalue weighted by Crippen LogP contribution is -1.94. The molecule has 4 heteroatoms. The number of halogens is 2. The largest absolute Gasteiger partial charge is 0.278 e. The molecule has 0 aliphatic heterocycles. The maximum absolute atomic E-state index is 13.4. The number of nitrogens with zero attached hydrogens (tertiary/aromatic N) is 1. The fourth-order valence-corrected chi connectivity index (χ4v) is 1.73. The quantitative estimate of drug-likeness (QED) is 0.650. The molecule has 2 nitrogen and oxygen atoms in total. The van der Waals surface area contributed by atoms with Crippen molar-refractivity contribution >= 4 is 23.5 Å². The van der Waals surface area contributed by atoms with Gasteiger partial charge in [0.2, 0.25) is 0 Å². The van der Waals surface area contributed by atoms with Crippen molar-refractivity contribution in [2.75, 3.05) is 5.43 Å². The molecule has 0 spiro atoms. The highest BCUT2D eigenvalue weighted by molar-refractivity contribution is 6.33. The Morgan fingerprint density at radius 1 is 1.22 bits per heavy atom. The van der Waals surface area contributed by atoms with Crippen molar-refractivity contribution in [3.8, 4) is 0 Å². The van der Waals surface area contributed by atoms with Gasteiger partial charge in [-0.3, -0.25) is 5.43 Å². The van der Waals surface area contributed by atoms with Gasteiger partial charge in [0.15, 0.2) is 0 Å². The lowest BCUT2D eigenvalue weighted by atomic mass is 10.2. The summed E-state index contributed by atoms with van der Waals surface area (Å²) in [4.78, 5) is 0. The number of nitrogens with one attached hydrogen (secondary N) is 1. The van der Waals surface area contributed by atoms with Crippen LogP contribution < -0.4 is 5.43 Å². The average molecular weight is 263 g/mol. The fraction of sp³-hybridized carbons (Fsp3) is 0.0714. The van der Waals surface area contributed by atoms with Gasteiger partial charge in [-0.25, -0.2) is 4.39 Å². The minimum Gasteiger partial charge on any atom is -0.278 e. The Bertz CT molecular complexity index is 562. The third kappa shape index (κ3) is 3.08. The van der Waals surface area contributed by atoms with Gasteiger partial charge in [-0.05, 0) is 36.8 Å². The standard InChI is InChI=1S/C14H12ClFN2/c1-10-4-2-5-11(8-10)18-17-9-12-13(15)6-3-7-14(12)16/h2-9,18H,1H3/b17-9-. The molecular formula is C14H12ClFN2. The Labute approximate surface area is 110 Å². The number of benzene rings is 2. The third-order valence-electron chi connectivity index (χ3n) is 2.41. The van der Waals surface area contributed by atoms with Gasteiger partial charge in [-0.2, -0.15) is 5.10 Å². The summed E-state index contributed by atoms with van der Waals surface area (Å²) in [6.07, 6.45) is 1.38. The molecular weight excluding hydrogens is 251 g/mol. The smallest absolute Gasteiger partial charge is 0.133 e. The Kier molecular flexibility index (Phi) is 3.95. The Balaban J connectivity index is 2.12. The van der Waals surface area contributed by atoms with Gasteiger partial charge in [0.1, 0.15) is 5.82 Å². The first-order chi connectivity index (χ1) is 8.66. The van der Waals surface area contributed by atoms with Crippen LogP contribution in [0.1, 0.15) is 11.1 Å². The predicted molar refractivity (Wildman–Crippen MR) is 73.8 cm³/mol. The molecule has 18 heavy (non-hydrogen) atoms. The molecule has 0 aliphatic carbocycles. The zero-order chi connectivity index (χ0) is 13.0. The van der Waals surface area contributed by atoms with Gasteiger partial charge in [0.05, 0.1) is 16.9 Å². The van der Waals surface area contributed by atoms with Crippen LogP contribution in [0.5, 0.6) is 0 Å². The highest BCUT2D eigenvalue weighted by atomic mass is 35.5. The van der Waals surface area contributed by atoms with Crippen LogP contribution in [0.25, 0.3) is 0 Å². The van der Waals surface area contributed by atoms with E-state index in [4.69, 9.17) is 11.6 Å². The zero-order valence-electron chi connectivity index (χ0n) is 9.82. The van der Waals surface area contributed by atoms with E-state index in [-0.39, 0.29) is 5.56 Å². The van der Waals surface area contributed by atoms with Crippen LogP contribution in [0.15, 0.2) is 47.6 Å². The summed E-state index contributed by atoms with van der Waals surface area (Å²) in [5.74, 6) is -0.391. The first kappa shape index (κ1) is 12.6. The molecule has 0 amide bonds. The Morgan fingerprint density at radius 3 is 2.72 bits per heavy atom. The third-order valence-corrected chi connectivity index (χ3v) is 2.73. The molecule has 0 bridgehead atoms. The molecule has 0 saturated carbocycles. The van der Waals surface area contributed by atoms with E-state index in [0.717, 1.165) is 11.3 Å². The highest BCUT2D eigenvalue weighted by Gasteiger charge is 2.03. The van der Waals surface area contributed by atoms with Crippen LogP contribution in [0, 0.1) is 12.7 Å². The Hall–Kier alpha value is -1.87. The van der Waals surface area contributed by atoms with Crippen molar-refractivity contribution < 1.29 is 4.39 Å². The van der Waals surface area contributed by atoms with Crippen molar-refractivity contribution in [2.24, 2.45) is 5.10 Å². The molecule has 2 rings (SSSR count). The monoisotopic (exact) mass is 262 g/mol. The normalized spacial score (nSPS) is 10.8. The number of anilines is 1. The molecule has 0 aromatic heterocycles. The maximum Gasteiger partial charge on any atom is 0.133 e. The van der Waals surface area contributed by atoms with Gasteiger partial charge < -0.3 is 0 Å². The van der Waals surface area contributed by atoms with Crippen molar-refractivity contribution in [2.45, 2.75) is 6.92 Å². The fourth-order valence-electron chi connectivity index (χ4n) is 1.52. The molecule has 0 heterocycles. The predicted octanol–water partition coefficient (Wildman–Crippen LogP) is 4.23. The lowest BCUT2D eigenvalue weighted by molar-refractivity contribution is 0.626. The minimum atomic E-state index is -0.391. The number of hydrogen-bond acceptors (Lipinski definition) is 2. The Morgan fingerprint density at radius 2 is 2.00 bits per heavy atom. The number of rotatable bonds is 3. The molecule has 0 atom stereocenters. The second-order valence-corrected chi connectivity index (χ2v) is 4.28. The van der Waals surface area contributed by atoms with Gasteiger partial charge in [-0.15, -0.1) is 0 Å². The maximum atomic E-state index is 13.4. The van der Waals surface area contributed by atoms with Crippen molar-refractivity contribution in [1.29, 1.82) is 0 Å². The van der Waals surface area contributed by atoms with Crippen LogP contribution in [0.3, 0.4) is 0 Å². The number of hydrogen-bond donors (Lipinski definition) is 1. The summed E-state index contributed by atoms with van der Waals surface area (Å²) in [5, 5.41) is 4.31. The first-order valence-electron chi connectivity index (χ1n) is 5.46. The van der Waals surface area contributed by atoms with E-state index < -0.39 is 5.82 Å². The molecule has 0 fully saturated rings. The number of aryl methyl sites for hydroxylation is 1. The van der Waals surface area contributed by atoms with E-state index in [0.29, 0.717) is 5.02 Å². The molecule has 2 aromatic carbocycles. The molecule has 0 saturated heterocycles. The molecule has 0 radical (unpaired) electrons. The lowest BCUT2D eigenvalue weighted by Gasteiger charge is -2.02. The van der Waals surface area contributed by atoms with Crippen molar-refractivity contribution in [3.63, 3.8) is 0 Å². The van der Waals surface area contributed by atoms with E-state index in [9.17, 15) is 4.39 Å². The van der Waals surface area contributed by atoms with E-state index in [1.165, 1.54) is 12.3 Å². The van der Waals surface area contributed by atoms with Crippen LogP contribution in [-0.4, -0.2) is 6.21 Å². The molecule has 1 N–H and O–H groups in total. The van der Waals surface area contributed by atoms with Gasteiger partial charge in [0, 0.05) is 5.56 Å². The summed E-state index contributed by atoms with van der Waals surface area (Å²) < 4.78 is 13.4. The molecule has 2 aromatic rings. The van der Waals surface area contributed by atoms with Crippen LogP contribution in [0.4, 0.5) is 10.1 Å². The zero-order valence-corrected chi connectivity index (χ0v) is 10.6. The summed E-state index contributed by atoms with van der Waals surface area (Å²) in [6.45, 7) is 1.99. The summed E-state index contributed by atoms with van der Waals surface area (Å²) in [5.41, 5.74) is 5.08. The molecule has 0 aliphatic rings. The topological polar surface area (TPSA) is 24.4 Å². The van der Waals surface area contributed by atoms with Gasteiger partial charge in [0.25, 0.3) is 0 Å². The highest BCUT2D eigenvalue weighted by Crippen LogP contribution is 2.17. The van der Waals surface area contributed by atoms with E-state index in [2.05, 4.69) is 10.5 Å². The summed E-state index contributed by atoms with van der Waals surface area (Å²) >= 11 is 5.88. The van der Waals surface area contributed by atoms with E-state index >= 15 is 0 Å². The summed E-state index contributed by atoms with van der Waals surface area (Å²) in [7, 11) is 0. The number of hydrazone groups is 1. The molecule has 92 valence electrons. The molecule has 0 unspecified atom stereocenters. The van der Waals surface area contributed by atoms with Crippen LogP contribution in [0.2, 0.25) is 5.02 Å². The van der Waals surface area contributed by atoms with E-state index in [1.807, 2.05) is 31.2 Å². The summed E-state index contributed by atoms with van der Waals surface area (Å²) in [6, 6.07) is 12.3. The van der Waals surface area contributed by atoms with E-state index in [1.54, 1.807) is 12.1 Å². The van der Waals surface area contributed by atoms with Crippen molar-refractivity contribution in [3.05, 3.63) is 64.4 Å². The second-order valence-electron chi connectivity index (χ2n) is 3.87. The van der Waals surface area contributed by atoms with Crippen molar-refractivity contribution in [1.82, 2.24) is 0 Å². The second kappa shape index (κ2) is 5.65. The first-order valence-corrected chi connectivity index (χ1v) is 5.84. The van der Waals surface area contributed by atoms with Gasteiger partial charge in [-0.1, -0.05) is 29.8 Å². The van der Waals surface area contributed by atoms with Gasteiger partial charge >= 0.3 is 0 Å². The average Bonchev–Trinajstić information content (AvgIpc) is 2.33. The van der Waals surface area contributed by atoms with Crippen LogP contribution in [-0.2, 0) is 0 Å². The minimum absolute atomic E-state index is 0.277. The SMILES string of the molecule is Cc1cccc(N/N=C\c2c(F)cccc2Cl)c1.